The molecule has 1 aliphatic carbocycles. The van der Waals surface area contributed by atoms with Gasteiger partial charge in [-0.3, -0.25) is 14.5 Å². The van der Waals surface area contributed by atoms with Gasteiger partial charge < -0.3 is 10.1 Å². The molecule has 0 atom stereocenters. The van der Waals surface area contributed by atoms with Gasteiger partial charge in [0.25, 0.3) is 15.9 Å². The third-order valence-corrected chi connectivity index (χ3v) is 8.48. The van der Waals surface area contributed by atoms with Crippen LogP contribution in [-0.4, -0.2) is 80.4 Å². The second-order valence-electron chi connectivity index (χ2n) is 10.1. The smallest absolute Gasteiger partial charge is 0.328 e. The first-order valence-corrected chi connectivity index (χ1v) is 14.0. The van der Waals surface area contributed by atoms with E-state index in [-0.39, 0.29) is 59.4 Å². The van der Waals surface area contributed by atoms with Gasteiger partial charge in [-0.2, -0.15) is 0 Å². The molecular weight excluding hydrogens is 517 g/mol. The largest absolute Gasteiger partial charge is 0.497 e. The van der Waals surface area contributed by atoms with Crippen molar-refractivity contribution in [3.05, 3.63) is 59.2 Å². The van der Waals surface area contributed by atoms with E-state index < -0.39 is 27.4 Å². The summed E-state index contributed by atoms with van der Waals surface area (Å²) in [5.41, 5.74) is 0.764. The molecule has 0 unspecified atom stereocenters. The number of amides is 4. The number of hydrogen-bond donors (Lipinski definition) is 2. The molecule has 2 aliphatic rings. The number of fused-ring (bicyclic) bond motifs is 1. The Kier molecular flexibility index (Phi) is 9.67. The van der Waals surface area contributed by atoms with Crippen molar-refractivity contribution >= 4 is 57.4 Å². The van der Waals surface area contributed by atoms with Crippen LogP contribution in [-0.2, 0) is 26.7 Å². The SMILES string of the molecule is COc1ccc2c(c1)C(=O)N(CCc1cccc(S(=O)(=O)NC(=O)NC3CCCCC3)c1)C(=O)C2(C)C.[Na]. The van der Waals surface area contributed by atoms with Crippen LogP contribution < -0.4 is 14.8 Å². The number of methoxy groups -OCH3 is 1. The summed E-state index contributed by atoms with van der Waals surface area (Å²) in [6, 6.07) is 10.5. The van der Waals surface area contributed by atoms with Gasteiger partial charge in [-0.05, 0) is 68.5 Å². The molecule has 0 spiro atoms. The van der Waals surface area contributed by atoms with Crippen LogP contribution in [0, 0.1) is 0 Å². The molecular formula is C27H33N3NaO6S. The minimum Gasteiger partial charge on any atom is -0.497 e. The van der Waals surface area contributed by atoms with Crippen LogP contribution in [0.3, 0.4) is 0 Å². The van der Waals surface area contributed by atoms with Crippen molar-refractivity contribution in [1.29, 1.82) is 0 Å². The Morgan fingerprint density at radius 3 is 2.47 bits per heavy atom. The molecule has 1 fully saturated rings. The Bertz CT molecular complexity index is 1320. The van der Waals surface area contributed by atoms with Crippen molar-refractivity contribution in [2.24, 2.45) is 0 Å². The Balaban J connectivity index is 0.00000400. The van der Waals surface area contributed by atoms with Crippen molar-refractivity contribution < 1.29 is 27.5 Å². The van der Waals surface area contributed by atoms with E-state index in [0.717, 1.165) is 32.1 Å². The quantitative estimate of drug-likeness (QED) is 0.404. The summed E-state index contributed by atoms with van der Waals surface area (Å²) in [6.07, 6.45) is 5.08. The minimum absolute atomic E-state index is 0. The van der Waals surface area contributed by atoms with E-state index in [1.165, 1.54) is 24.1 Å². The van der Waals surface area contributed by atoms with Gasteiger partial charge in [0.2, 0.25) is 5.91 Å². The molecule has 199 valence electrons. The average Bonchev–Trinajstić information content (AvgIpc) is 2.87. The predicted molar refractivity (Wildman–Crippen MR) is 144 cm³/mol. The van der Waals surface area contributed by atoms with Crippen molar-refractivity contribution in [3.8, 4) is 5.75 Å². The van der Waals surface area contributed by atoms with Gasteiger partial charge in [-0.15, -0.1) is 0 Å². The number of rotatable bonds is 7. The van der Waals surface area contributed by atoms with Gasteiger partial charge in [-0.25, -0.2) is 17.9 Å². The molecule has 0 saturated heterocycles. The van der Waals surface area contributed by atoms with E-state index >= 15 is 0 Å². The number of imide groups is 1. The minimum atomic E-state index is -4.09. The summed E-state index contributed by atoms with van der Waals surface area (Å²) in [5, 5.41) is 2.74. The van der Waals surface area contributed by atoms with Gasteiger partial charge >= 0.3 is 6.03 Å². The Labute approximate surface area is 246 Å². The fourth-order valence-electron chi connectivity index (χ4n) is 5.02. The number of sulfonamides is 1. The molecule has 0 bridgehead atoms. The van der Waals surface area contributed by atoms with Gasteiger partial charge in [0.15, 0.2) is 0 Å². The Morgan fingerprint density at radius 1 is 1.08 bits per heavy atom. The molecule has 1 aliphatic heterocycles. The summed E-state index contributed by atoms with van der Waals surface area (Å²) >= 11 is 0. The zero-order chi connectivity index (χ0) is 26.8. The molecule has 4 amide bonds. The van der Waals surface area contributed by atoms with Crippen LogP contribution >= 0.6 is 0 Å². The molecule has 2 N–H and O–H groups in total. The number of benzene rings is 2. The van der Waals surface area contributed by atoms with Gasteiger partial charge in [-0.1, -0.05) is 37.5 Å². The molecule has 4 rings (SSSR count). The summed E-state index contributed by atoms with van der Waals surface area (Å²) < 4.78 is 33.0. The molecule has 11 heteroatoms. The fraction of sp³-hybridized carbons (Fsp3) is 0.444. The monoisotopic (exact) mass is 550 g/mol. The first kappa shape index (κ1) is 30.1. The normalized spacial score (nSPS) is 17.3. The van der Waals surface area contributed by atoms with Crippen LogP contribution in [0.25, 0.3) is 0 Å². The summed E-state index contributed by atoms with van der Waals surface area (Å²) in [7, 11) is -2.57. The number of nitrogens with zero attached hydrogens (tertiary/aromatic N) is 1. The van der Waals surface area contributed by atoms with Crippen molar-refractivity contribution in [1.82, 2.24) is 14.9 Å². The Morgan fingerprint density at radius 2 is 1.79 bits per heavy atom. The third-order valence-electron chi connectivity index (χ3n) is 7.16. The average molecular weight is 551 g/mol. The summed E-state index contributed by atoms with van der Waals surface area (Å²) in [4.78, 5) is 39.9. The second kappa shape index (κ2) is 12.2. The van der Waals surface area contributed by atoms with Gasteiger partial charge in [0, 0.05) is 47.7 Å². The number of nitrogens with one attached hydrogen (secondary N) is 2. The van der Waals surface area contributed by atoms with Gasteiger partial charge in [0.05, 0.1) is 17.4 Å². The van der Waals surface area contributed by atoms with Crippen LogP contribution in [0.15, 0.2) is 47.4 Å². The number of urea groups is 1. The van der Waals surface area contributed by atoms with Crippen LogP contribution in [0.4, 0.5) is 4.79 Å². The molecule has 9 nitrogen and oxygen atoms in total. The molecule has 1 radical (unpaired) electrons. The van der Waals surface area contributed by atoms with E-state index in [4.69, 9.17) is 4.74 Å². The maximum Gasteiger partial charge on any atom is 0.328 e. The number of carbonyl (C=O) groups is 3. The number of ether oxygens (including phenoxy) is 1. The third kappa shape index (κ3) is 6.42. The summed E-state index contributed by atoms with van der Waals surface area (Å²) in [5.74, 6) is -0.210. The standard InChI is InChI=1S/C27H33N3O6S.Na/c1-27(2)23-13-12-20(36-3)17-22(23)24(31)30(25(27)32)15-14-18-8-7-11-21(16-18)37(34,35)29-26(33)28-19-9-5-4-6-10-19;/h7-8,11-13,16-17,19H,4-6,9-10,14-15H2,1-3H3,(H2,28,29,33);. The van der Waals surface area contributed by atoms with Crippen molar-refractivity contribution in [3.63, 3.8) is 0 Å². The van der Waals surface area contributed by atoms with Crippen LogP contribution in [0.5, 0.6) is 5.75 Å². The topological polar surface area (TPSA) is 122 Å². The molecule has 0 aromatic heterocycles. The van der Waals surface area contributed by atoms with Crippen molar-refractivity contribution in [2.45, 2.75) is 68.7 Å². The molecule has 38 heavy (non-hydrogen) atoms. The second-order valence-corrected chi connectivity index (χ2v) is 11.8. The van der Waals surface area contributed by atoms with Gasteiger partial charge in [0.1, 0.15) is 5.75 Å². The first-order chi connectivity index (χ1) is 17.5. The van der Waals surface area contributed by atoms with E-state index in [1.54, 1.807) is 44.2 Å². The van der Waals surface area contributed by atoms with E-state index in [2.05, 4.69) is 10.0 Å². The Hall–Kier alpha value is -2.40. The molecule has 2 aromatic carbocycles. The van der Waals surface area contributed by atoms with Crippen LogP contribution in [0.2, 0.25) is 0 Å². The maximum absolute atomic E-state index is 13.2. The maximum atomic E-state index is 13.2. The molecule has 2 aromatic rings. The number of carbonyl (C=O) groups excluding carboxylic acids is 3. The molecule has 1 heterocycles. The first-order valence-electron chi connectivity index (χ1n) is 12.5. The summed E-state index contributed by atoms with van der Waals surface area (Å²) in [6.45, 7) is 3.63. The van der Waals surface area contributed by atoms with Crippen LogP contribution in [0.1, 0.15) is 67.4 Å². The van der Waals surface area contributed by atoms with E-state index in [1.807, 2.05) is 0 Å². The van der Waals surface area contributed by atoms with Crippen molar-refractivity contribution in [2.75, 3.05) is 13.7 Å². The zero-order valence-corrected chi connectivity index (χ0v) is 25.2. The fourth-order valence-corrected chi connectivity index (χ4v) is 6.00. The molecule has 1 saturated carbocycles. The zero-order valence-electron chi connectivity index (χ0n) is 22.4. The van der Waals surface area contributed by atoms with E-state index in [0.29, 0.717) is 22.4 Å². The number of hydrogen-bond acceptors (Lipinski definition) is 6. The van der Waals surface area contributed by atoms with E-state index in [9.17, 15) is 22.8 Å². The predicted octanol–water partition coefficient (Wildman–Crippen LogP) is 3.14.